The molecule has 21 heavy (non-hydrogen) atoms. The van der Waals surface area contributed by atoms with Crippen molar-refractivity contribution in [3.63, 3.8) is 0 Å². The number of nitrogen functional groups attached to an aromatic ring is 1. The summed E-state index contributed by atoms with van der Waals surface area (Å²) in [6, 6.07) is 15.5. The van der Waals surface area contributed by atoms with Gasteiger partial charge in [-0.2, -0.15) is 0 Å². The van der Waals surface area contributed by atoms with Gasteiger partial charge in [0.05, 0.1) is 14.2 Å². The molecule has 0 saturated heterocycles. The molecule has 1 heterocycles. The van der Waals surface area contributed by atoms with Crippen molar-refractivity contribution in [2.24, 2.45) is 0 Å². The summed E-state index contributed by atoms with van der Waals surface area (Å²) in [4.78, 5) is 4.51. The molecule has 3 rings (SSSR count). The van der Waals surface area contributed by atoms with Crippen LogP contribution in [-0.2, 0) is 0 Å². The molecular formula is C17H16N2O2. The van der Waals surface area contributed by atoms with Gasteiger partial charge in [-0.15, -0.1) is 0 Å². The number of aromatic nitrogens is 1. The highest BCUT2D eigenvalue weighted by molar-refractivity contribution is 5.99. The van der Waals surface area contributed by atoms with Crippen molar-refractivity contribution in [2.75, 3.05) is 20.0 Å². The van der Waals surface area contributed by atoms with Crippen LogP contribution in [0.4, 0.5) is 5.82 Å². The molecule has 0 atom stereocenters. The van der Waals surface area contributed by atoms with E-state index in [4.69, 9.17) is 15.2 Å². The summed E-state index contributed by atoms with van der Waals surface area (Å²) >= 11 is 0. The maximum atomic E-state index is 6.08. The van der Waals surface area contributed by atoms with Gasteiger partial charge in [-0.05, 0) is 24.3 Å². The lowest BCUT2D eigenvalue weighted by molar-refractivity contribution is 0.414. The third-order valence-corrected chi connectivity index (χ3v) is 3.46. The molecule has 3 aromatic rings. The molecular weight excluding hydrogens is 264 g/mol. The van der Waals surface area contributed by atoms with Crippen molar-refractivity contribution in [3.05, 3.63) is 48.5 Å². The van der Waals surface area contributed by atoms with E-state index >= 15 is 0 Å². The summed E-state index contributed by atoms with van der Waals surface area (Å²) in [7, 11) is 3.29. The van der Waals surface area contributed by atoms with Crippen LogP contribution in [0.3, 0.4) is 0 Å². The minimum Gasteiger partial charge on any atom is -0.497 e. The molecule has 0 fully saturated rings. The number of rotatable bonds is 3. The second-order valence-electron chi connectivity index (χ2n) is 4.65. The maximum absolute atomic E-state index is 6.08. The van der Waals surface area contributed by atoms with Gasteiger partial charge >= 0.3 is 0 Å². The van der Waals surface area contributed by atoms with E-state index in [0.29, 0.717) is 5.82 Å². The Morgan fingerprint density at radius 2 is 1.52 bits per heavy atom. The zero-order valence-electron chi connectivity index (χ0n) is 12.0. The molecule has 0 unspecified atom stereocenters. The Morgan fingerprint density at radius 1 is 0.857 bits per heavy atom. The van der Waals surface area contributed by atoms with Crippen LogP contribution in [0, 0.1) is 0 Å². The van der Waals surface area contributed by atoms with Crippen molar-refractivity contribution in [1.82, 2.24) is 4.98 Å². The number of hydrogen-bond acceptors (Lipinski definition) is 4. The first-order valence-electron chi connectivity index (χ1n) is 6.61. The number of benzene rings is 2. The molecule has 0 bridgehead atoms. The third kappa shape index (κ3) is 2.25. The summed E-state index contributed by atoms with van der Waals surface area (Å²) in [5, 5.41) is 1.85. The third-order valence-electron chi connectivity index (χ3n) is 3.46. The highest BCUT2D eigenvalue weighted by atomic mass is 16.5. The summed E-state index contributed by atoms with van der Waals surface area (Å²) in [6.07, 6.45) is 0. The summed E-state index contributed by atoms with van der Waals surface area (Å²) in [6.45, 7) is 0. The molecule has 106 valence electrons. The van der Waals surface area contributed by atoms with E-state index in [0.717, 1.165) is 33.5 Å². The van der Waals surface area contributed by atoms with Gasteiger partial charge in [0.15, 0.2) is 5.75 Å². The van der Waals surface area contributed by atoms with Crippen LogP contribution in [0.2, 0.25) is 0 Å². The number of ether oxygens (including phenoxy) is 2. The topological polar surface area (TPSA) is 57.4 Å². The molecule has 0 radical (unpaired) electrons. The Bertz CT molecular complexity index is 783. The normalized spacial score (nSPS) is 10.6. The largest absolute Gasteiger partial charge is 0.497 e. The van der Waals surface area contributed by atoms with Gasteiger partial charge in [0.2, 0.25) is 0 Å². The molecule has 0 amide bonds. The van der Waals surface area contributed by atoms with Gasteiger partial charge in [0.1, 0.15) is 17.3 Å². The van der Waals surface area contributed by atoms with Crippen molar-refractivity contribution in [1.29, 1.82) is 0 Å². The summed E-state index contributed by atoms with van der Waals surface area (Å²) in [5.74, 6) is 2.02. The Labute approximate surface area is 123 Å². The van der Waals surface area contributed by atoms with Crippen LogP contribution < -0.4 is 15.2 Å². The molecule has 0 aliphatic carbocycles. The minimum absolute atomic E-state index is 0.497. The first-order chi connectivity index (χ1) is 10.2. The Hall–Kier alpha value is -2.75. The lowest BCUT2D eigenvalue weighted by Gasteiger charge is -2.13. The zero-order chi connectivity index (χ0) is 14.8. The van der Waals surface area contributed by atoms with Gasteiger partial charge in [0, 0.05) is 16.3 Å². The molecule has 2 aromatic carbocycles. The van der Waals surface area contributed by atoms with Crippen molar-refractivity contribution < 1.29 is 9.47 Å². The highest BCUT2D eigenvalue weighted by Crippen LogP contribution is 2.37. The smallest absolute Gasteiger partial charge is 0.153 e. The number of anilines is 1. The van der Waals surface area contributed by atoms with E-state index in [-0.39, 0.29) is 0 Å². The molecule has 0 spiro atoms. The van der Waals surface area contributed by atoms with Crippen molar-refractivity contribution >= 4 is 16.6 Å². The number of nitrogens with two attached hydrogens (primary N) is 1. The lowest BCUT2D eigenvalue weighted by atomic mass is 10.0. The quantitative estimate of drug-likeness (QED) is 0.797. The SMILES string of the molecule is COc1ccc(-c2nc(N)c3ccccc3c2OC)cc1. The lowest BCUT2D eigenvalue weighted by Crippen LogP contribution is -1.99. The second-order valence-corrected chi connectivity index (χ2v) is 4.65. The second kappa shape index (κ2) is 5.32. The van der Waals surface area contributed by atoms with Crippen LogP contribution in [0.25, 0.3) is 22.0 Å². The first-order valence-corrected chi connectivity index (χ1v) is 6.61. The van der Waals surface area contributed by atoms with Gasteiger partial charge in [0.25, 0.3) is 0 Å². The molecule has 1 aromatic heterocycles. The highest BCUT2D eigenvalue weighted by Gasteiger charge is 2.14. The molecule has 0 aliphatic rings. The van der Waals surface area contributed by atoms with Crippen LogP contribution in [0.5, 0.6) is 11.5 Å². The van der Waals surface area contributed by atoms with Crippen molar-refractivity contribution in [3.8, 4) is 22.8 Å². The molecule has 0 aliphatic heterocycles. The fourth-order valence-electron chi connectivity index (χ4n) is 2.41. The number of hydrogen-bond donors (Lipinski definition) is 1. The predicted molar refractivity (Wildman–Crippen MR) is 84.7 cm³/mol. The molecule has 4 nitrogen and oxygen atoms in total. The van der Waals surface area contributed by atoms with Gasteiger partial charge in [-0.25, -0.2) is 4.98 Å². The molecule has 2 N–H and O–H groups in total. The predicted octanol–water partition coefficient (Wildman–Crippen LogP) is 3.50. The average Bonchev–Trinajstić information content (AvgIpc) is 2.55. The van der Waals surface area contributed by atoms with Crippen LogP contribution in [0.15, 0.2) is 48.5 Å². The van der Waals surface area contributed by atoms with Crippen LogP contribution >= 0.6 is 0 Å². The van der Waals surface area contributed by atoms with E-state index in [1.165, 1.54) is 0 Å². The Balaban J connectivity index is 2.26. The number of methoxy groups -OCH3 is 2. The Morgan fingerprint density at radius 3 is 2.14 bits per heavy atom. The summed E-state index contributed by atoms with van der Waals surface area (Å²) < 4.78 is 10.8. The van der Waals surface area contributed by atoms with E-state index in [9.17, 15) is 0 Å². The minimum atomic E-state index is 0.497. The van der Waals surface area contributed by atoms with Crippen LogP contribution in [-0.4, -0.2) is 19.2 Å². The number of nitrogens with zero attached hydrogens (tertiary/aromatic N) is 1. The van der Waals surface area contributed by atoms with E-state index in [2.05, 4.69) is 4.98 Å². The fraction of sp³-hybridized carbons (Fsp3) is 0.118. The number of fused-ring (bicyclic) bond motifs is 1. The van der Waals surface area contributed by atoms with Gasteiger partial charge < -0.3 is 15.2 Å². The van der Waals surface area contributed by atoms with Crippen LogP contribution in [0.1, 0.15) is 0 Å². The van der Waals surface area contributed by atoms with Gasteiger partial charge in [-0.3, -0.25) is 0 Å². The van der Waals surface area contributed by atoms with Gasteiger partial charge in [-0.1, -0.05) is 24.3 Å². The fourth-order valence-corrected chi connectivity index (χ4v) is 2.41. The van der Waals surface area contributed by atoms with E-state index in [1.807, 2.05) is 48.5 Å². The summed E-state index contributed by atoms with van der Waals surface area (Å²) in [5.41, 5.74) is 7.75. The van der Waals surface area contributed by atoms with E-state index < -0.39 is 0 Å². The number of pyridine rings is 1. The first kappa shape index (κ1) is 13.2. The van der Waals surface area contributed by atoms with E-state index in [1.54, 1.807) is 14.2 Å². The molecule has 4 heteroatoms. The zero-order valence-corrected chi connectivity index (χ0v) is 12.0. The standard InChI is InChI=1S/C17H16N2O2/c1-20-12-9-7-11(8-10-12)15-16(21-2)13-5-3-4-6-14(13)17(18)19-15/h3-10H,1-2H3,(H2,18,19). The average molecular weight is 280 g/mol. The maximum Gasteiger partial charge on any atom is 0.153 e. The Kier molecular flexibility index (Phi) is 3.36. The van der Waals surface area contributed by atoms with Crippen molar-refractivity contribution in [2.45, 2.75) is 0 Å². The monoisotopic (exact) mass is 280 g/mol. The molecule has 0 saturated carbocycles.